The Morgan fingerprint density at radius 1 is 1.14 bits per heavy atom. The Balaban J connectivity index is 1.72. The van der Waals surface area contributed by atoms with Gasteiger partial charge in [-0.3, -0.25) is 0 Å². The predicted octanol–water partition coefficient (Wildman–Crippen LogP) is 5.09. The minimum Gasteiger partial charge on any atom is -0.393 e. The second-order valence-corrected chi connectivity index (χ2v) is 10.0. The first-order valence-corrected chi connectivity index (χ1v) is 11.5. The maximum atomic E-state index is 10.1. The van der Waals surface area contributed by atoms with Crippen molar-refractivity contribution < 1.29 is 15.3 Å². The van der Waals surface area contributed by atoms with Gasteiger partial charge in [0, 0.05) is 0 Å². The molecule has 3 N–H and O–H groups in total. The number of fused-ring (bicyclic) bond motifs is 1. The van der Waals surface area contributed by atoms with Crippen LogP contribution in [0.15, 0.2) is 47.6 Å². The van der Waals surface area contributed by atoms with Crippen LogP contribution in [0.5, 0.6) is 0 Å². The minimum absolute atomic E-state index is 0.267. The van der Waals surface area contributed by atoms with Crippen molar-refractivity contribution in [2.45, 2.75) is 90.4 Å². The third kappa shape index (κ3) is 4.95. The van der Waals surface area contributed by atoms with Gasteiger partial charge in [0.1, 0.15) is 0 Å². The van der Waals surface area contributed by atoms with Crippen LogP contribution in [0, 0.1) is 23.2 Å². The van der Waals surface area contributed by atoms with E-state index in [4.69, 9.17) is 0 Å². The van der Waals surface area contributed by atoms with Crippen molar-refractivity contribution >= 4 is 0 Å². The summed E-state index contributed by atoms with van der Waals surface area (Å²) in [5.41, 5.74) is 3.58. The highest BCUT2D eigenvalue weighted by atomic mass is 16.3. The van der Waals surface area contributed by atoms with E-state index in [-0.39, 0.29) is 6.10 Å². The van der Waals surface area contributed by atoms with E-state index in [0.717, 1.165) is 12.0 Å². The maximum absolute atomic E-state index is 10.1. The van der Waals surface area contributed by atoms with Crippen molar-refractivity contribution in [3.63, 3.8) is 0 Å². The fourth-order valence-corrected chi connectivity index (χ4v) is 6.19. The summed E-state index contributed by atoms with van der Waals surface area (Å²) in [5, 5.41) is 29.7. The molecule has 0 aromatic carbocycles. The number of hydrogen-bond donors (Lipinski definition) is 3. The van der Waals surface area contributed by atoms with Crippen molar-refractivity contribution in [1.82, 2.24) is 0 Å². The topological polar surface area (TPSA) is 60.7 Å². The second kappa shape index (κ2) is 9.32. The monoisotopic (exact) mass is 400 g/mol. The van der Waals surface area contributed by atoms with Crippen molar-refractivity contribution in [3.05, 3.63) is 47.6 Å². The van der Waals surface area contributed by atoms with Crippen molar-refractivity contribution in [3.8, 4) is 0 Å². The molecule has 3 fully saturated rings. The molecule has 0 spiro atoms. The molecule has 0 saturated heterocycles. The molecule has 0 aliphatic heterocycles. The largest absolute Gasteiger partial charge is 0.393 e. The highest BCUT2D eigenvalue weighted by Crippen LogP contribution is 2.59. The molecule has 3 aliphatic carbocycles. The molecule has 3 nitrogen and oxygen atoms in total. The smallest absolute Gasteiger partial charge is 0.0809 e. The zero-order valence-electron chi connectivity index (χ0n) is 18.5. The summed E-state index contributed by atoms with van der Waals surface area (Å²) in [6, 6.07) is 0. The SMILES string of the molecule is C=C1[C@H](O)CC(=C/C=C2\CCC[C@@]3(C)C2CCC3[C@@H](C)/C=C/C[C@H](C)O)C[C@H]1O. The van der Waals surface area contributed by atoms with E-state index < -0.39 is 12.2 Å². The third-order valence-corrected chi connectivity index (χ3v) is 7.89. The summed E-state index contributed by atoms with van der Waals surface area (Å²) in [7, 11) is 0. The van der Waals surface area contributed by atoms with Gasteiger partial charge in [0.05, 0.1) is 18.3 Å². The average molecular weight is 401 g/mol. The van der Waals surface area contributed by atoms with Gasteiger partial charge in [0.2, 0.25) is 0 Å². The Morgan fingerprint density at radius 2 is 1.83 bits per heavy atom. The molecule has 162 valence electrons. The summed E-state index contributed by atoms with van der Waals surface area (Å²) in [6.45, 7) is 10.5. The number of hydrogen-bond acceptors (Lipinski definition) is 3. The Kier molecular flexibility index (Phi) is 7.24. The fourth-order valence-electron chi connectivity index (χ4n) is 6.19. The molecule has 7 atom stereocenters. The van der Waals surface area contributed by atoms with E-state index in [9.17, 15) is 15.3 Å². The average Bonchev–Trinajstić information content (AvgIpc) is 3.01. The first-order chi connectivity index (χ1) is 13.7. The van der Waals surface area contributed by atoms with Crippen molar-refractivity contribution in [1.29, 1.82) is 0 Å². The Morgan fingerprint density at radius 3 is 2.48 bits per heavy atom. The lowest BCUT2D eigenvalue weighted by atomic mass is 9.61. The molecule has 2 unspecified atom stereocenters. The van der Waals surface area contributed by atoms with E-state index in [2.05, 4.69) is 44.7 Å². The van der Waals surface area contributed by atoms with Gasteiger partial charge in [-0.15, -0.1) is 0 Å². The van der Waals surface area contributed by atoms with Crippen molar-refractivity contribution in [2.24, 2.45) is 23.2 Å². The first kappa shape index (κ1) is 22.5. The number of rotatable bonds is 5. The normalized spacial score (nSPS) is 39.0. The van der Waals surface area contributed by atoms with Gasteiger partial charge in [-0.2, -0.15) is 0 Å². The summed E-state index contributed by atoms with van der Waals surface area (Å²) in [6.07, 6.45) is 15.6. The standard InChI is InChI=1S/C26H40O3/c1-17(7-5-8-18(2)27)22-12-13-23-21(9-6-14-26(22,23)4)11-10-20-15-24(28)19(3)25(29)16-20/h5,7,10-11,17-18,22-25,27-29H,3,6,8-9,12-16H2,1-2,4H3/b7-5+,21-11+/t17-,18-,22?,23?,24+,25+,26+/m0/s1. The van der Waals surface area contributed by atoms with E-state index in [1.807, 2.05) is 6.92 Å². The first-order valence-electron chi connectivity index (χ1n) is 11.5. The van der Waals surface area contributed by atoms with Gasteiger partial charge in [0.25, 0.3) is 0 Å². The molecule has 0 aromatic heterocycles. The van der Waals surface area contributed by atoms with Crippen LogP contribution in [-0.2, 0) is 0 Å². The molecule has 3 rings (SSSR count). The lowest BCUT2D eigenvalue weighted by Gasteiger charge is -2.44. The fraction of sp³-hybridized carbons (Fsp3) is 0.692. The molecule has 3 aliphatic rings. The Labute approximate surface area is 176 Å². The number of aliphatic hydroxyl groups excluding tert-OH is 3. The van der Waals surface area contributed by atoms with E-state index in [0.29, 0.717) is 41.6 Å². The third-order valence-electron chi connectivity index (χ3n) is 7.89. The molecule has 0 bridgehead atoms. The van der Waals surface area contributed by atoms with Gasteiger partial charge >= 0.3 is 0 Å². The number of allylic oxidation sites excluding steroid dienone is 4. The summed E-state index contributed by atoms with van der Waals surface area (Å²) < 4.78 is 0. The molecule has 0 radical (unpaired) electrons. The molecule has 3 heteroatoms. The second-order valence-electron chi connectivity index (χ2n) is 10.0. The van der Waals surface area contributed by atoms with Crippen LogP contribution in [0.3, 0.4) is 0 Å². The van der Waals surface area contributed by atoms with Crippen LogP contribution < -0.4 is 0 Å². The Bertz CT molecular complexity index is 670. The van der Waals surface area contributed by atoms with Gasteiger partial charge in [-0.05, 0) is 87.0 Å². The molecular formula is C26H40O3. The molecule has 29 heavy (non-hydrogen) atoms. The van der Waals surface area contributed by atoms with E-state index in [1.165, 1.54) is 32.1 Å². The predicted molar refractivity (Wildman–Crippen MR) is 119 cm³/mol. The summed E-state index contributed by atoms with van der Waals surface area (Å²) in [4.78, 5) is 0. The van der Waals surface area contributed by atoms with Crippen LogP contribution in [0.25, 0.3) is 0 Å². The number of aliphatic hydroxyl groups is 3. The maximum Gasteiger partial charge on any atom is 0.0809 e. The summed E-state index contributed by atoms with van der Waals surface area (Å²) >= 11 is 0. The van der Waals surface area contributed by atoms with E-state index >= 15 is 0 Å². The minimum atomic E-state index is -0.620. The lowest BCUT2D eigenvalue weighted by molar-refractivity contribution is 0.112. The highest BCUT2D eigenvalue weighted by Gasteiger charge is 2.50. The van der Waals surface area contributed by atoms with Crippen LogP contribution in [0.1, 0.15) is 72.1 Å². The summed E-state index contributed by atoms with van der Waals surface area (Å²) in [5.74, 6) is 1.87. The quantitative estimate of drug-likeness (QED) is 0.563. The van der Waals surface area contributed by atoms with Crippen LogP contribution in [0.4, 0.5) is 0 Å². The van der Waals surface area contributed by atoms with Crippen molar-refractivity contribution in [2.75, 3.05) is 0 Å². The zero-order valence-corrected chi connectivity index (χ0v) is 18.5. The molecule has 0 amide bonds. The molecule has 3 saturated carbocycles. The van der Waals surface area contributed by atoms with Crippen LogP contribution in [-0.4, -0.2) is 33.6 Å². The molecule has 0 heterocycles. The van der Waals surface area contributed by atoms with Crippen LogP contribution in [0.2, 0.25) is 0 Å². The van der Waals surface area contributed by atoms with Gasteiger partial charge < -0.3 is 15.3 Å². The van der Waals surface area contributed by atoms with E-state index in [1.54, 1.807) is 5.57 Å². The Hall–Kier alpha value is -1.16. The lowest BCUT2D eigenvalue weighted by Crippen LogP contribution is -2.35. The highest BCUT2D eigenvalue weighted by molar-refractivity contribution is 5.29. The van der Waals surface area contributed by atoms with Gasteiger partial charge in [-0.1, -0.05) is 55.9 Å². The molecule has 0 aromatic rings. The zero-order chi connectivity index (χ0) is 21.2. The van der Waals surface area contributed by atoms with Gasteiger partial charge in [-0.25, -0.2) is 0 Å². The molecular weight excluding hydrogens is 360 g/mol. The van der Waals surface area contributed by atoms with Crippen LogP contribution >= 0.6 is 0 Å². The van der Waals surface area contributed by atoms with Gasteiger partial charge in [0.15, 0.2) is 0 Å².